The molecule has 1 unspecified atom stereocenters. The number of pyridine rings is 1. The number of rotatable bonds is 5. The number of aromatic nitrogens is 1. The summed E-state index contributed by atoms with van der Waals surface area (Å²) in [6.07, 6.45) is 5.40. The van der Waals surface area contributed by atoms with Crippen molar-refractivity contribution in [1.82, 2.24) is 4.57 Å². The topological polar surface area (TPSA) is 74.9 Å². The van der Waals surface area contributed by atoms with Crippen LogP contribution in [0.4, 0.5) is 14.5 Å². The third-order valence-electron chi connectivity index (χ3n) is 5.80. The van der Waals surface area contributed by atoms with Crippen LogP contribution in [0.2, 0.25) is 0 Å². The van der Waals surface area contributed by atoms with Crippen LogP contribution in [0.1, 0.15) is 56.4 Å². The van der Waals surface area contributed by atoms with Crippen molar-refractivity contribution in [2.24, 2.45) is 16.3 Å². The molecule has 2 fully saturated rings. The van der Waals surface area contributed by atoms with Crippen LogP contribution in [0, 0.1) is 23.0 Å². The van der Waals surface area contributed by atoms with Crippen LogP contribution in [0.3, 0.4) is 0 Å². The van der Waals surface area contributed by atoms with Crippen LogP contribution in [-0.2, 0) is 0 Å². The zero-order valence-corrected chi connectivity index (χ0v) is 18.0. The predicted molar refractivity (Wildman–Crippen MR) is 116 cm³/mol. The molecule has 6 nitrogen and oxygen atoms in total. The Morgan fingerprint density at radius 2 is 2.00 bits per heavy atom. The number of carbonyl (C=O) groups is 1. The molecule has 0 spiro atoms. The van der Waals surface area contributed by atoms with Gasteiger partial charge >= 0.3 is 5.97 Å². The second-order valence-corrected chi connectivity index (χ2v) is 9.69. The highest BCUT2D eigenvalue weighted by molar-refractivity contribution is 5.94. The van der Waals surface area contributed by atoms with Crippen molar-refractivity contribution in [3.05, 3.63) is 39.7 Å². The van der Waals surface area contributed by atoms with E-state index in [9.17, 15) is 14.7 Å². The SMILES string of the molecule is CC(C)(C)/C=N/CC1CCN(c2c(F)cc3c(=O)c(C(=O)O)cn(C4CC4)c3c2F)C1. The fourth-order valence-corrected chi connectivity index (χ4v) is 4.17. The highest BCUT2D eigenvalue weighted by atomic mass is 19.1. The zero-order chi connectivity index (χ0) is 22.5. The Kier molecular flexibility index (Phi) is 5.35. The van der Waals surface area contributed by atoms with Gasteiger partial charge in [0.25, 0.3) is 0 Å². The van der Waals surface area contributed by atoms with Gasteiger partial charge in [0.1, 0.15) is 17.1 Å². The van der Waals surface area contributed by atoms with Crippen molar-refractivity contribution in [2.75, 3.05) is 24.5 Å². The molecule has 1 aliphatic carbocycles. The summed E-state index contributed by atoms with van der Waals surface area (Å²) in [6.45, 7) is 7.75. The first-order valence-corrected chi connectivity index (χ1v) is 10.6. The van der Waals surface area contributed by atoms with E-state index < -0.39 is 28.6 Å². The summed E-state index contributed by atoms with van der Waals surface area (Å²) in [5.41, 5.74) is -1.51. The van der Waals surface area contributed by atoms with E-state index in [1.165, 1.54) is 10.8 Å². The third kappa shape index (κ3) is 4.20. The first-order valence-electron chi connectivity index (χ1n) is 10.6. The Morgan fingerprint density at radius 3 is 2.61 bits per heavy atom. The minimum absolute atomic E-state index is 0.0110. The number of carboxylic acids is 1. The van der Waals surface area contributed by atoms with Crippen LogP contribution >= 0.6 is 0 Å². The van der Waals surface area contributed by atoms with Crippen molar-refractivity contribution in [3.8, 4) is 0 Å². The van der Waals surface area contributed by atoms with Gasteiger partial charge in [0.05, 0.1) is 10.9 Å². The second-order valence-electron chi connectivity index (χ2n) is 9.69. The smallest absolute Gasteiger partial charge is 0.341 e. The van der Waals surface area contributed by atoms with Gasteiger partial charge in [0.2, 0.25) is 5.43 Å². The van der Waals surface area contributed by atoms with E-state index in [4.69, 9.17) is 0 Å². The normalized spacial score (nSPS) is 19.6. The van der Waals surface area contributed by atoms with Gasteiger partial charge in [-0.2, -0.15) is 0 Å². The summed E-state index contributed by atoms with van der Waals surface area (Å²) < 4.78 is 32.2. The number of hydrogen-bond acceptors (Lipinski definition) is 4. The molecule has 0 bridgehead atoms. The van der Waals surface area contributed by atoms with Gasteiger partial charge in [-0.05, 0) is 36.7 Å². The van der Waals surface area contributed by atoms with E-state index in [2.05, 4.69) is 25.8 Å². The summed E-state index contributed by atoms with van der Waals surface area (Å²) in [7, 11) is 0. The highest BCUT2D eigenvalue weighted by Gasteiger charge is 2.32. The van der Waals surface area contributed by atoms with Gasteiger partial charge in [-0.3, -0.25) is 9.79 Å². The summed E-state index contributed by atoms with van der Waals surface area (Å²) in [6, 6.07) is 0.916. The Bertz CT molecular complexity index is 1130. The molecule has 2 heterocycles. The molecule has 166 valence electrons. The number of aliphatic imine (C=N–C) groups is 1. The lowest BCUT2D eigenvalue weighted by Gasteiger charge is -2.22. The standard InChI is InChI=1S/C23H27F2N3O3/c1-23(2,3)12-26-9-13-6-7-27(10-13)20-17(24)8-15-19(18(20)25)28(14-4-5-14)11-16(21(15)29)22(30)31/h8,11-14H,4-7,9-10H2,1-3H3,(H,30,31)/b26-12+. The van der Waals surface area contributed by atoms with E-state index >= 15 is 8.78 Å². The fourth-order valence-electron chi connectivity index (χ4n) is 4.17. The molecule has 1 aromatic heterocycles. The van der Waals surface area contributed by atoms with E-state index in [0.29, 0.717) is 19.6 Å². The maximum atomic E-state index is 15.7. The van der Waals surface area contributed by atoms with E-state index in [1.54, 1.807) is 4.90 Å². The van der Waals surface area contributed by atoms with Crippen molar-refractivity contribution >= 4 is 28.8 Å². The van der Waals surface area contributed by atoms with Crippen molar-refractivity contribution in [1.29, 1.82) is 0 Å². The second kappa shape index (κ2) is 7.73. The third-order valence-corrected chi connectivity index (χ3v) is 5.80. The molecule has 8 heteroatoms. The van der Waals surface area contributed by atoms with Crippen LogP contribution in [0.25, 0.3) is 10.9 Å². The fraction of sp³-hybridized carbons (Fsp3) is 0.522. The molecule has 1 saturated heterocycles. The molecule has 1 aromatic carbocycles. The number of fused-ring (bicyclic) bond motifs is 1. The number of anilines is 1. The van der Waals surface area contributed by atoms with Crippen LogP contribution in [0.5, 0.6) is 0 Å². The highest BCUT2D eigenvalue weighted by Crippen LogP contribution is 2.40. The van der Waals surface area contributed by atoms with Gasteiger partial charge < -0.3 is 14.6 Å². The lowest BCUT2D eigenvalue weighted by molar-refractivity contribution is 0.0694. The number of hydrogen-bond donors (Lipinski definition) is 1. The lowest BCUT2D eigenvalue weighted by atomic mass is 9.99. The first-order chi connectivity index (χ1) is 14.6. The quantitative estimate of drug-likeness (QED) is 0.718. The van der Waals surface area contributed by atoms with Gasteiger partial charge in [0.15, 0.2) is 5.82 Å². The van der Waals surface area contributed by atoms with Crippen molar-refractivity contribution in [3.63, 3.8) is 0 Å². The van der Waals surface area contributed by atoms with Gasteiger partial charge in [-0.25, -0.2) is 13.6 Å². The summed E-state index contributed by atoms with van der Waals surface area (Å²) in [5.74, 6) is -2.85. The van der Waals surface area contributed by atoms with E-state index in [-0.39, 0.29) is 34.0 Å². The summed E-state index contributed by atoms with van der Waals surface area (Å²) in [4.78, 5) is 30.2. The van der Waals surface area contributed by atoms with Crippen LogP contribution in [-0.4, -0.2) is 41.5 Å². The van der Waals surface area contributed by atoms with Crippen LogP contribution < -0.4 is 10.3 Å². The minimum atomic E-state index is -1.40. The number of halogens is 2. The number of carboxylic acid groups (broad SMARTS) is 1. The van der Waals surface area contributed by atoms with Crippen molar-refractivity contribution in [2.45, 2.75) is 46.1 Å². The zero-order valence-electron chi connectivity index (χ0n) is 18.0. The monoisotopic (exact) mass is 431 g/mol. The molecule has 0 amide bonds. The summed E-state index contributed by atoms with van der Waals surface area (Å²) in [5, 5.41) is 9.12. The largest absolute Gasteiger partial charge is 0.477 e. The molecular formula is C23H27F2N3O3. The van der Waals surface area contributed by atoms with Gasteiger partial charge in [-0.1, -0.05) is 20.8 Å². The molecule has 2 aromatic rings. The lowest BCUT2D eigenvalue weighted by Crippen LogP contribution is -2.25. The maximum Gasteiger partial charge on any atom is 0.341 e. The van der Waals surface area contributed by atoms with E-state index in [1.807, 2.05) is 6.21 Å². The van der Waals surface area contributed by atoms with Crippen molar-refractivity contribution < 1.29 is 18.7 Å². The molecule has 31 heavy (non-hydrogen) atoms. The molecular weight excluding hydrogens is 404 g/mol. The minimum Gasteiger partial charge on any atom is -0.477 e. The van der Waals surface area contributed by atoms with E-state index in [0.717, 1.165) is 25.3 Å². The number of nitrogens with zero attached hydrogens (tertiary/aromatic N) is 3. The number of benzene rings is 1. The van der Waals surface area contributed by atoms with Crippen LogP contribution in [0.15, 0.2) is 22.1 Å². The Morgan fingerprint density at radius 1 is 1.29 bits per heavy atom. The molecule has 4 rings (SSSR count). The Hall–Kier alpha value is -2.77. The molecule has 1 saturated carbocycles. The first kappa shape index (κ1) is 21.5. The molecule has 2 aliphatic rings. The molecule has 0 radical (unpaired) electrons. The predicted octanol–water partition coefficient (Wildman–Crippen LogP) is 4.26. The average Bonchev–Trinajstić information content (AvgIpc) is 3.41. The average molecular weight is 431 g/mol. The van der Waals surface area contributed by atoms with Gasteiger partial charge in [0, 0.05) is 38.1 Å². The molecule has 1 aliphatic heterocycles. The van der Waals surface area contributed by atoms with Gasteiger partial charge in [-0.15, -0.1) is 0 Å². The summed E-state index contributed by atoms with van der Waals surface area (Å²) >= 11 is 0. The number of aromatic carboxylic acids is 1. The molecule has 1 N–H and O–H groups in total. The maximum absolute atomic E-state index is 15.7. The molecule has 1 atom stereocenters. The Balaban J connectivity index is 1.72. The Labute approximate surface area is 179 Å².